The molecule has 7 heteroatoms. The molecule has 94 valence electrons. The summed E-state index contributed by atoms with van der Waals surface area (Å²) in [6, 6.07) is 5.34. The van der Waals surface area contributed by atoms with Crippen molar-refractivity contribution in [1.29, 1.82) is 0 Å². The third kappa shape index (κ3) is 2.65. The number of aromatic nitrogens is 2. The summed E-state index contributed by atoms with van der Waals surface area (Å²) >= 11 is 9.35. The molecule has 0 atom stereocenters. The summed E-state index contributed by atoms with van der Waals surface area (Å²) in [4.78, 5) is 7.94. The van der Waals surface area contributed by atoms with Crippen LogP contribution in [0, 0.1) is 0 Å². The zero-order chi connectivity index (χ0) is 13.1. The first-order valence-corrected chi connectivity index (χ1v) is 6.15. The molecule has 0 aliphatic rings. The molecule has 0 radical (unpaired) electrons. The molecule has 0 saturated heterocycles. The van der Waals surface area contributed by atoms with E-state index >= 15 is 0 Å². The Kier molecular flexibility index (Phi) is 3.88. The van der Waals surface area contributed by atoms with Crippen LogP contribution < -0.4 is 15.8 Å². The Labute approximate surface area is 117 Å². The zero-order valence-corrected chi connectivity index (χ0v) is 11.8. The second-order valence-corrected chi connectivity index (χ2v) is 4.60. The number of anilines is 3. The minimum absolute atomic E-state index is 0.368. The van der Waals surface area contributed by atoms with Gasteiger partial charge < -0.3 is 15.8 Å². The third-order valence-electron chi connectivity index (χ3n) is 2.23. The Morgan fingerprint density at radius 3 is 2.83 bits per heavy atom. The van der Waals surface area contributed by atoms with Gasteiger partial charge in [-0.25, -0.2) is 9.97 Å². The minimum atomic E-state index is 0.368. The smallest absolute Gasteiger partial charge is 0.150 e. The molecule has 5 nitrogen and oxygen atoms in total. The summed E-state index contributed by atoms with van der Waals surface area (Å²) in [7, 11) is 1.57. The molecule has 2 aromatic rings. The number of nitrogens with two attached hydrogens (primary N) is 1. The van der Waals surface area contributed by atoms with Crippen LogP contribution in [0.3, 0.4) is 0 Å². The monoisotopic (exact) mass is 328 g/mol. The molecule has 0 spiro atoms. The van der Waals surface area contributed by atoms with Crippen LogP contribution >= 0.6 is 27.5 Å². The number of hydrogen-bond acceptors (Lipinski definition) is 5. The fourth-order valence-corrected chi connectivity index (χ4v) is 1.91. The average molecular weight is 330 g/mol. The number of halogens is 2. The van der Waals surface area contributed by atoms with Crippen LogP contribution in [0.15, 0.2) is 29.0 Å². The zero-order valence-electron chi connectivity index (χ0n) is 9.45. The Hall–Kier alpha value is -1.53. The lowest BCUT2D eigenvalue weighted by molar-refractivity contribution is 0.415. The Morgan fingerprint density at radius 2 is 2.17 bits per heavy atom. The van der Waals surface area contributed by atoms with Crippen molar-refractivity contribution in [1.82, 2.24) is 9.97 Å². The van der Waals surface area contributed by atoms with Crippen LogP contribution in [0.1, 0.15) is 0 Å². The van der Waals surface area contributed by atoms with Crippen molar-refractivity contribution in [3.8, 4) is 5.75 Å². The van der Waals surface area contributed by atoms with E-state index in [4.69, 9.17) is 22.1 Å². The molecule has 0 saturated carbocycles. The van der Waals surface area contributed by atoms with E-state index < -0.39 is 0 Å². The van der Waals surface area contributed by atoms with Gasteiger partial charge in [-0.15, -0.1) is 0 Å². The average Bonchev–Trinajstić information content (AvgIpc) is 2.35. The van der Waals surface area contributed by atoms with Gasteiger partial charge in [0.1, 0.15) is 28.2 Å². The number of rotatable bonds is 3. The highest BCUT2D eigenvalue weighted by Gasteiger charge is 2.07. The van der Waals surface area contributed by atoms with Gasteiger partial charge >= 0.3 is 0 Å². The summed E-state index contributed by atoms with van der Waals surface area (Å²) in [5.74, 6) is 1.55. The summed E-state index contributed by atoms with van der Waals surface area (Å²) in [5, 5.41) is 3.60. The molecular weight excluding hydrogens is 320 g/mol. The fraction of sp³-hybridized carbons (Fsp3) is 0.0909. The summed E-state index contributed by atoms with van der Waals surface area (Å²) in [5.41, 5.74) is 6.44. The van der Waals surface area contributed by atoms with Crippen LogP contribution in [0.2, 0.25) is 5.02 Å². The van der Waals surface area contributed by atoms with Gasteiger partial charge in [0.2, 0.25) is 0 Å². The summed E-state index contributed by atoms with van der Waals surface area (Å²) in [6.07, 6.45) is 1.38. The lowest BCUT2D eigenvalue weighted by Gasteiger charge is -2.10. The van der Waals surface area contributed by atoms with Gasteiger partial charge in [0, 0.05) is 5.69 Å². The largest absolute Gasteiger partial charge is 0.495 e. The molecule has 0 aliphatic heterocycles. The van der Waals surface area contributed by atoms with Crippen molar-refractivity contribution in [2.24, 2.45) is 0 Å². The van der Waals surface area contributed by atoms with Crippen molar-refractivity contribution in [3.05, 3.63) is 34.0 Å². The second kappa shape index (κ2) is 5.41. The first-order valence-electron chi connectivity index (χ1n) is 4.98. The summed E-state index contributed by atoms with van der Waals surface area (Å²) < 4.78 is 5.69. The van der Waals surface area contributed by atoms with Gasteiger partial charge in [0.15, 0.2) is 0 Å². The molecule has 1 aromatic carbocycles. The van der Waals surface area contributed by atoms with Crippen molar-refractivity contribution in [3.63, 3.8) is 0 Å². The van der Waals surface area contributed by atoms with E-state index in [1.54, 1.807) is 19.2 Å². The number of benzene rings is 1. The van der Waals surface area contributed by atoms with Gasteiger partial charge in [-0.05, 0) is 34.1 Å². The predicted molar refractivity (Wildman–Crippen MR) is 75.4 cm³/mol. The molecule has 0 unspecified atom stereocenters. The topological polar surface area (TPSA) is 73.1 Å². The highest BCUT2D eigenvalue weighted by Crippen LogP contribution is 2.31. The molecule has 3 N–H and O–H groups in total. The van der Waals surface area contributed by atoms with Gasteiger partial charge in [-0.3, -0.25) is 0 Å². The first kappa shape index (κ1) is 12.9. The molecule has 18 heavy (non-hydrogen) atoms. The van der Waals surface area contributed by atoms with E-state index in [0.717, 1.165) is 5.69 Å². The predicted octanol–water partition coefficient (Wildman–Crippen LogP) is 3.23. The fourth-order valence-electron chi connectivity index (χ4n) is 1.35. The molecule has 1 heterocycles. The Bertz CT molecular complexity index is 579. The van der Waals surface area contributed by atoms with E-state index in [9.17, 15) is 0 Å². The van der Waals surface area contributed by atoms with Crippen LogP contribution in [0.5, 0.6) is 5.75 Å². The lowest BCUT2D eigenvalue weighted by atomic mass is 10.3. The second-order valence-electron chi connectivity index (χ2n) is 3.40. The molecule has 1 aromatic heterocycles. The molecule has 0 aliphatic carbocycles. The van der Waals surface area contributed by atoms with Crippen LogP contribution in [-0.4, -0.2) is 17.1 Å². The van der Waals surface area contributed by atoms with Crippen molar-refractivity contribution in [2.45, 2.75) is 0 Å². The van der Waals surface area contributed by atoms with Crippen LogP contribution in [0.25, 0.3) is 0 Å². The lowest BCUT2D eigenvalue weighted by Crippen LogP contribution is -2.00. The number of nitrogens with one attached hydrogen (secondary N) is 1. The van der Waals surface area contributed by atoms with Crippen LogP contribution in [-0.2, 0) is 0 Å². The molecule has 0 fully saturated rings. The standard InChI is InChI=1S/C11H10BrClN4O/c1-18-8-3-2-6(4-7(8)13)17-11-9(12)10(14)15-5-16-11/h2-5H,1H3,(H3,14,15,16,17). The van der Waals surface area contributed by atoms with Crippen molar-refractivity contribution >= 4 is 44.9 Å². The highest BCUT2D eigenvalue weighted by molar-refractivity contribution is 9.10. The summed E-state index contributed by atoms with van der Waals surface area (Å²) in [6.45, 7) is 0. The molecule has 0 bridgehead atoms. The third-order valence-corrected chi connectivity index (χ3v) is 3.31. The van der Waals surface area contributed by atoms with E-state index in [1.165, 1.54) is 6.33 Å². The van der Waals surface area contributed by atoms with E-state index in [1.807, 2.05) is 6.07 Å². The highest BCUT2D eigenvalue weighted by atomic mass is 79.9. The van der Waals surface area contributed by atoms with Crippen molar-refractivity contribution in [2.75, 3.05) is 18.2 Å². The first-order chi connectivity index (χ1) is 8.61. The number of methoxy groups -OCH3 is 1. The maximum absolute atomic E-state index is 6.03. The Balaban J connectivity index is 2.29. The normalized spacial score (nSPS) is 10.2. The number of nitrogen functional groups attached to an aromatic ring is 1. The maximum Gasteiger partial charge on any atom is 0.150 e. The van der Waals surface area contributed by atoms with E-state index in [0.29, 0.717) is 26.9 Å². The van der Waals surface area contributed by atoms with Gasteiger partial charge in [-0.1, -0.05) is 11.6 Å². The van der Waals surface area contributed by atoms with Gasteiger partial charge in [-0.2, -0.15) is 0 Å². The number of ether oxygens (including phenoxy) is 1. The molecule has 0 amide bonds. The number of nitrogens with zero attached hydrogens (tertiary/aromatic N) is 2. The van der Waals surface area contributed by atoms with Gasteiger partial charge in [0.25, 0.3) is 0 Å². The van der Waals surface area contributed by atoms with Crippen molar-refractivity contribution < 1.29 is 4.74 Å². The van der Waals surface area contributed by atoms with E-state index in [2.05, 4.69) is 31.2 Å². The molecule has 2 rings (SSSR count). The SMILES string of the molecule is COc1ccc(Nc2ncnc(N)c2Br)cc1Cl. The van der Waals surface area contributed by atoms with E-state index in [-0.39, 0.29) is 0 Å². The van der Waals surface area contributed by atoms with Crippen LogP contribution in [0.4, 0.5) is 17.3 Å². The maximum atomic E-state index is 6.03. The Morgan fingerprint density at radius 1 is 1.39 bits per heavy atom. The quantitative estimate of drug-likeness (QED) is 0.904. The molecular formula is C11H10BrClN4O. The van der Waals surface area contributed by atoms with Gasteiger partial charge in [0.05, 0.1) is 12.1 Å². The number of hydrogen-bond donors (Lipinski definition) is 2. The minimum Gasteiger partial charge on any atom is -0.495 e.